The van der Waals surface area contributed by atoms with E-state index in [0.29, 0.717) is 33.0 Å². The van der Waals surface area contributed by atoms with Crippen LogP contribution < -0.4 is 5.32 Å². The minimum Gasteiger partial charge on any atom is -0.323 e. The van der Waals surface area contributed by atoms with Gasteiger partial charge in [0, 0.05) is 10.7 Å². The van der Waals surface area contributed by atoms with Crippen molar-refractivity contribution in [1.29, 1.82) is 0 Å². The van der Waals surface area contributed by atoms with Gasteiger partial charge in [0.2, 0.25) is 5.28 Å². The largest absolute Gasteiger partial charge is 0.323 e. The molecule has 0 saturated heterocycles. The third-order valence-corrected chi connectivity index (χ3v) is 4.11. The standard InChI is InChI=1S/C16H9BrClFN6/c17-9-4-5-11(10(19)7-9)25-8-21-13-14(23-16(18)24-15(13)25)22-12-3-1-2-6-20-12/h1-8H,(H,20,22,23,24). The van der Waals surface area contributed by atoms with Gasteiger partial charge >= 0.3 is 0 Å². The molecule has 4 rings (SSSR count). The van der Waals surface area contributed by atoms with E-state index >= 15 is 0 Å². The zero-order valence-corrected chi connectivity index (χ0v) is 14.8. The molecule has 0 aliphatic heterocycles. The molecule has 3 heterocycles. The zero-order valence-electron chi connectivity index (χ0n) is 12.5. The van der Waals surface area contributed by atoms with Crippen molar-refractivity contribution in [3.05, 3.63) is 64.5 Å². The van der Waals surface area contributed by atoms with Gasteiger partial charge in [-0.2, -0.15) is 9.97 Å². The molecule has 25 heavy (non-hydrogen) atoms. The SMILES string of the molecule is Fc1cc(Br)ccc1-n1cnc2c(Nc3ccccn3)nc(Cl)nc21. The summed E-state index contributed by atoms with van der Waals surface area (Å²) in [6.07, 6.45) is 3.13. The lowest BCUT2D eigenvalue weighted by Gasteiger charge is -2.08. The summed E-state index contributed by atoms with van der Waals surface area (Å²) in [5.74, 6) is 0.565. The molecule has 9 heteroatoms. The van der Waals surface area contributed by atoms with Crippen molar-refractivity contribution in [2.45, 2.75) is 0 Å². The van der Waals surface area contributed by atoms with Crippen molar-refractivity contribution < 1.29 is 4.39 Å². The number of benzene rings is 1. The fourth-order valence-corrected chi connectivity index (χ4v) is 2.87. The second-order valence-electron chi connectivity index (χ2n) is 5.06. The summed E-state index contributed by atoms with van der Waals surface area (Å²) in [4.78, 5) is 16.9. The third kappa shape index (κ3) is 3.06. The molecule has 0 aliphatic carbocycles. The van der Waals surface area contributed by atoms with Gasteiger partial charge in [0.1, 0.15) is 18.0 Å². The van der Waals surface area contributed by atoms with Crippen LogP contribution in [0.1, 0.15) is 0 Å². The molecular weight excluding hydrogens is 411 g/mol. The summed E-state index contributed by atoms with van der Waals surface area (Å²) in [7, 11) is 0. The summed E-state index contributed by atoms with van der Waals surface area (Å²) >= 11 is 9.29. The van der Waals surface area contributed by atoms with Crippen molar-refractivity contribution in [1.82, 2.24) is 24.5 Å². The van der Waals surface area contributed by atoms with Gasteiger partial charge in [-0.25, -0.2) is 14.4 Å². The van der Waals surface area contributed by atoms with Crippen LogP contribution in [0.15, 0.2) is 53.4 Å². The van der Waals surface area contributed by atoms with Gasteiger partial charge in [-0.05, 0) is 41.9 Å². The first kappa shape index (κ1) is 15.9. The van der Waals surface area contributed by atoms with E-state index in [4.69, 9.17) is 11.6 Å². The van der Waals surface area contributed by atoms with Gasteiger partial charge in [0.05, 0.1) is 5.69 Å². The minimum absolute atomic E-state index is 0.0187. The summed E-state index contributed by atoms with van der Waals surface area (Å²) in [6.45, 7) is 0. The number of rotatable bonds is 3. The lowest BCUT2D eigenvalue weighted by Crippen LogP contribution is -2.01. The van der Waals surface area contributed by atoms with Crippen LogP contribution in [0, 0.1) is 5.82 Å². The second kappa shape index (κ2) is 6.38. The lowest BCUT2D eigenvalue weighted by atomic mass is 10.3. The number of pyridine rings is 1. The molecule has 0 saturated carbocycles. The highest BCUT2D eigenvalue weighted by atomic mass is 79.9. The monoisotopic (exact) mass is 418 g/mol. The van der Waals surface area contributed by atoms with Crippen LogP contribution in [0.2, 0.25) is 5.28 Å². The molecule has 0 unspecified atom stereocenters. The first-order valence-corrected chi connectivity index (χ1v) is 8.33. The number of fused-ring (bicyclic) bond motifs is 1. The lowest BCUT2D eigenvalue weighted by molar-refractivity contribution is 0.618. The predicted molar refractivity (Wildman–Crippen MR) is 96.8 cm³/mol. The Hall–Kier alpha value is -2.58. The molecule has 0 bridgehead atoms. The van der Waals surface area contributed by atoms with E-state index in [0.717, 1.165) is 0 Å². The first-order chi connectivity index (χ1) is 12.1. The number of nitrogens with zero attached hydrogens (tertiary/aromatic N) is 5. The number of hydrogen-bond acceptors (Lipinski definition) is 5. The molecule has 4 aromatic rings. The Bertz CT molecular complexity index is 1070. The summed E-state index contributed by atoms with van der Waals surface area (Å²) < 4.78 is 16.5. The normalized spacial score (nSPS) is 11.0. The Balaban J connectivity index is 1.86. The Morgan fingerprint density at radius 2 is 2.00 bits per heavy atom. The molecule has 0 fully saturated rings. The molecule has 0 atom stereocenters. The molecule has 0 radical (unpaired) electrons. The van der Waals surface area contributed by atoms with Crippen molar-refractivity contribution in [2.75, 3.05) is 5.32 Å². The molecule has 0 amide bonds. The van der Waals surface area contributed by atoms with E-state index < -0.39 is 5.82 Å². The van der Waals surface area contributed by atoms with Crippen LogP contribution in [-0.4, -0.2) is 24.5 Å². The van der Waals surface area contributed by atoms with E-state index in [1.54, 1.807) is 30.5 Å². The highest BCUT2D eigenvalue weighted by Gasteiger charge is 2.16. The van der Waals surface area contributed by atoms with E-state index in [2.05, 4.69) is 41.2 Å². The Labute approximate surface area is 154 Å². The smallest absolute Gasteiger partial charge is 0.226 e. The van der Waals surface area contributed by atoms with Crippen LogP contribution in [-0.2, 0) is 0 Å². The highest BCUT2D eigenvalue weighted by molar-refractivity contribution is 9.10. The molecule has 1 N–H and O–H groups in total. The average Bonchev–Trinajstić information content (AvgIpc) is 2.99. The number of hydrogen-bond donors (Lipinski definition) is 1. The van der Waals surface area contributed by atoms with Crippen LogP contribution in [0.25, 0.3) is 16.9 Å². The van der Waals surface area contributed by atoms with E-state index in [1.807, 2.05) is 6.07 Å². The molecule has 0 spiro atoms. The number of aromatic nitrogens is 5. The Kier molecular flexibility index (Phi) is 4.06. The van der Waals surface area contributed by atoms with Gasteiger partial charge in [-0.15, -0.1) is 0 Å². The maximum Gasteiger partial charge on any atom is 0.226 e. The highest BCUT2D eigenvalue weighted by Crippen LogP contribution is 2.27. The quantitative estimate of drug-likeness (QED) is 0.495. The summed E-state index contributed by atoms with van der Waals surface area (Å²) in [5, 5.41) is 3.07. The van der Waals surface area contributed by atoms with Crippen LogP contribution >= 0.6 is 27.5 Å². The maximum absolute atomic E-state index is 14.3. The van der Waals surface area contributed by atoms with Crippen LogP contribution in [0.5, 0.6) is 0 Å². The molecule has 1 aromatic carbocycles. The molecular formula is C16H9BrClFN6. The predicted octanol–water partition coefficient (Wildman–Crippen LogP) is 4.51. The van der Waals surface area contributed by atoms with Crippen molar-refractivity contribution >= 4 is 50.3 Å². The van der Waals surface area contributed by atoms with E-state index in [-0.39, 0.29) is 5.28 Å². The number of nitrogens with one attached hydrogen (secondary N) is 1. The van der Waals surface area contributed by atoms with Crippen LogP contribution in [0.3, 0.4) is 0 Å². The topological polar surface area (TPSA) is 68.5 Å². The molecule has 124 valence electrons. The van der Waals surface area contributed by atoms with Gasteiger partial charge in [-0.1, -0.05) is 22.0 Å². The minimum atomic E-state index is -0.414. The van der Waals surface area contributed by atoms with E-state index in [9.17, 15) is 4.39 Å². The average molecular weight is 420 g/mol. The molecule has 3 aromatic heterocycles. The van der Waals surface area contributed by atoms with Gasteiger partial charge < -0.3 is 5.32 Å². The number of imidazole rings is 1. The Morgan fingerprint density at radius 1 is 1.12 bits per heavy atom. The van der Waals surface area contributed by atoms with Crippen molar-refractivity contribution in [3.63, 3.8) is 0 Å². The third-order valence-electron chi connectivity index (χ3n) is 3.45. The summed E-state index contributed by atoms with van der Waals surface area (Å²) in [5.41, 5.74) is 1.15. The van der Waals surface area contributed by atoms with Crippen molar-refractivity contribution in [2.24, 2.45) is 0 Å². The Morgan fingerprint density at radius 3 is 2.76 bits per heavy atom. The van der Waals surface area contributed by atoms with Gasteiger partial charge in [0.15, 0.2) is 17.0 Å². The number of halogens is 3. The first-order valence-electron chi connectivity index (χ1n) is 7.16. The van der Waals surface area contributed by atoms with Gasteiger partial charge in [0.25, 0.3) is 0 Å². The van der Waals surface area contributed by atoms with Gasteiger partial charge in [-0.3, -0.25) is 4.57 Å². The maximum atomic E-state index is 14.3. The summed E-state index contributed by atoms with van der Waals surface area (Å²) in [6, 6.07) is 10.2. The van der Waals surface area contributed by atoms with Crippen molar-refractivity contribution in [3.8, 4) is 5.69 Å². The fourth-order valence-electron chi connectivity index (χ4n) is 2.37. The zero-order chi connectivity index (χ0) is 17.4. The molecule has 0 aliphatic rings. The fraction of sp³-hybridized carbons (Fsp3) is 0. The molecule has 6 nitrogen and oxygen atoms in total. The second-order valence-corrected chi connectivity index (χ2v) is 6.32. The van der Waals surface area contributed by atoms with E-state index in [1.165, 1.54) is 17.0 Å². The van der Waals surface area contributed by atoms with Crippen LogP contribution in [0.4, 0.5) is 16.0 Å². The number of anilines is 2.